The molecule has 0 bridgehead atoms. The van der Waals surface area contributed by atoms with Gasteiger partial charge >= 0.3 is 0 Å². The van der Waals surface area contributed by atoms with Crippen LogP contribution in [-0.4, -0.2) is 19.5 Å². The topological polar surface area (TPSA) is 43.6 Å². The van der Waals surface area contributed by atoms with Gasteiger partial charge in [-0.15, -0.1) is 0 Å². The molecule has 4 heteroatoms. The summed E-state index contributed by atoms with van der Waals surface area (Å²) in [5, 5.41) is 0. The van der Waals surface area contributed by atoms with Gasteiger partial charge in [-0.3, -0.25) is 9.97 Å². The lowest BCUT2D eigenvalue weighted by Gasteiger charge is -2.02. The van der Waals surface area contributed by atoms with E-state index in [1.165, 1.54) is 12.8 Å². The Balaban J connectivity index is 1.85. The number of pyridine rings is 2. The van der Waals surface area contributed by atoms with Crippen LogP contribution in [0, 0.1) is 0 Å². The summed E-state index contributed by atoms with van der Waals surface area (Å²) in [6.07, 6.45) is 9.94. The summed E-state index contributed by atoms with van der Waals surface area (Å²) in [6.45, 7) is 0. The second-order valence-corrected chi connectivity index (χ2v) is 4.68. The molecule has 18 heavy (non-hydrogen) atoms. The van der Waals surface area contributed by atoms with Gasteiger partial charge in [0.1, 0.15) is 0 Å². The van der Waals surface area contributed by atoms with Crippen molar-refractivity contribution in [3.05, 3.63) is 43.1 Å². The number of imidazole rings is 1. The first-order valence-electron chi connectivity index (χ1n) is 6.15. The van der Waals surface area contributed by atoms with Crippen molar-refractivity contribution in [2.24, 2.45) is 0 Å². The fraction of sp³-hybridized carbons (Fsp3) is 0.214. The highest BCUT2D eigenvalue weighted by Crippen LogP contribution is 2.37. The minimum Gasteiger partial charge on any atom is -0.326 e. The molecule has 0 amide bonds. The number of fused-ring (bicyclic) bond motifs is 1. The normalized spacial score (nSPS) is 15.1. The number of hydrogen-bond donors (Lipinski definition) is 0. The summed E-state index contributed by atoms with van der Waals surface area (Å²) in [7, 11) is 0. The molecule has 0 saturated heterocycles. The molecule has 0 atom stereocenters. The number of rotatable bonds is 2. The maximum atomic E-state index is 4.53. The van der Waals surface area contributed by atoms with Gasteiger partial charge in [0.15, 0.2) is 0 Å². The lowest BCUT2D eigenvalue weighted by molar-refractivity contribution is 0.765. The Morgan fingerprint density at radius 3 is 2.72 bits per heavy atom. The van der Waals surface area contributed by atoms with Gasteiger partial charge in [-0.05, 0) is 31.0 Å². The number of aromatic nitrogens is 4. The molecule has 1 aliphatic rings. The average molecular weight is 236 g/mol. The zero-order valence-electron chi connectivity index (χ0n) is 9.82. The van der Waals surface area contributed by atoms with Crippen LogP contribution in [0.2, 0.25) is 0 Å². The summed E-state index contributed by atoms with van der Waals surface area (Å²) in [5.41, 5.74) is 4.18. The van der Waals surface area contributed by atoms with Crippen molar-refractivity contribution in [1.29, 1.82) is 0 Å². The molecule has 0 aliphatic heterocycles. The first-order valence-corrected chi connectivity index (χ1v) is 6.15. The summed E-state index contributed by atoms with van der Waals surface area (Å²) in [5.74, 6) is 0. The van der Waals surface area contributed by atoms with Crippen LogP contribution < -0.4 is 0 Å². The summed E-state index contributed by atoms with van der Waals surface area (Å²) in [4.78, 5) is 13.0. The van der Waals surface area contributed by atoms with E-state index in [1.54, 1.807) is 12.4 Å². The monoisotopic (exact) mass is 236 g/mol. The van der Waals surface area contributed by atoms with Crippen molar-refractivity contribution < 1.29 is 0 Å². The minimum absolute atomic E-state index is 0.642. The van der Waals surface area contributed by atoms with E-state index in [0.29, 0.717) is 6.04 Å². The molecule has 3 aromatic heterocycles. The van der Waals surface area contributed by atoms with Crippen molar-refractivity contribution in [2.45, 2.75) is 18.9 Å². The van der Waals surface area contributed by atoms with Crippen LogP contribution in [0.5, 0.6) is 0 Å². The largest absolute Gasteiger partial charge is 0.326 e. The summed E-state index contributed by atoms with van der Waals surface area (Å²) >= 11 is 0. The Morgan fingerprint density at radius 1 is 1.11 bits per heavy atom. The van der Waals surface area contributed by atoms with Gasteiger partial charge in [-0.25, -0.2) is 4.98 Å². The van der Waals surface area contributed by atoms with Crippen LogP contribution in [0.1, 0.15) is 18.9 Å². The molecule has 0 unspecified atom stereocenters. The molecule has 4 nitrogen and oxygen atoms in total. The molecular formula is C14H12N4. The average Bonchev–Trinajstić information content (AvgIpc) is 3.19. The Kier molecular flexibility index (Phi) is 1.97. The maximum Gasteiger partial charge on any atom is 0.0961 e. The SMILES string of the molecule is c1cc(-c2cc3ncn(C4CC4)c3cn2)ccn1. The van der Waals surface area contributed by atoms with Crippen LogP contribution in [0.25, 0.3) is 22.3 Å². The predicted octanol–water partition coefficient (Wildman–Crippen LogP) is 2.83. The van der Waals surface area contributed by atoms with E-state index in [-0.39, 0.29) is 0 Å². The molecule has 0 radical (unpaired) electrons. The molecular weight excluding hydrogens is 224 g/mol. The highest BCUT2D eigenvalue weighted by molar-refractivity contribution is 5.79. The Bertz CT molecular complexity index is 698. The zero-order chi connectivity index (χ0) is 11.9. The van der Waals surface area contributed by atoms with E-state index >= 15 is 0 Å². The standard InChI is InChI=1S/C14H12N4/c1-2-11(1)18-9-17-13-7-12(16-8-14(13)18)10-3-5-15-6-4-10/h3-9,11H,1-2H2. The van der Waals surface area contributed by atoms with E-state index < -0.39 is 0 Å². The molecule has 4 rings (SSSR count). The van der Waals surface area contributed by atoms with Gasteiger partial charge in [-0.1, -0.05) is 0 Å². The van der Waals surface area contributed by atoms with Crippen LogP contribution in [0.4, 0.5) is 0 Å². The highest BCUT2D eigenvalue weighted by Gasteiger charge is 2.25. The molecule has 88 valence electrons. The summed E-state index contributed by atoms with van der Waals surface area (Å²) < 4.78 is 2.23. The van der Waals surface area contributed by atoms with E-state index in [1.807, 2.05) is 30.7 Å². The van der Waals surface area contributed by atoms with Gasteiger partial charge < -0.3 is 4.57 Å². The first kappa shape index (κ1) is 9.76. The van der Waals surface area contributed by atoms with Gasteiger partial charge in [0.05, 0.1) is 29.3 Å². The molecule has 1 saturated carbocycles. The molecule has 0 N–H and O–H groups in total. The van der Waals surface area contributed by atoms with Gasteiger partial charge in [-0.2, -0.15) is 0 Å². The lowest BCUT2D eigenvalue weighted by Crippen LogP contribution is -1.91. The van der Waals surface area contributed by atoms with E-state index in [0.717, 1.165) is 22.3 Å². The number of nitrogens with zero attached hydrogens (tertiary/aromatic N) is 4. The molecule has 0 aromatic carbocycles. The van der Waals surface area contributed by atoms with Crippen LogP contribution >= 0.6 is 0 Å². The Morgan fingerprint density at radius 2 is 1.94 bits per heavy atom. The third-order valence-corrected chi connectivity index (χ3v) is 3.38. The molecule has 1 fully saturated rings. The van der Waals surface area contributed by atoms with Crippen LogP contribution in [0.3, 0.4) is 0 Å². The molecule has 3 heterocycles. The van der Waals surface area contributed by atoms with Crippen LogP contribution in [-0.2, 0) is 0 Å². The molecule has 3 aromatic rings. The highest BCUT2D eigenvalue weighted by atomic mass is 15.1. The van der Waals surface area contributed by atoms with E-state index in [2.05, 4.69) is 19.5 Å². The van der Waals surface area contributed by atoms with Gasteiger partial charge in [0.2, 0.25) is 0 Å². The lowest BCUT2D eigenvalue weighted by atomic mass is 10.2. The fourth-order valence-electron chi connectivity index (χ4n) is 2.25. The Labute approximate surface area is 104 Å². The number of hydrogen-bond acceptors (Lipinski definition) is 3. The third kappa shape index (κ3) is 1.49. The summed E-state index contributed by atoms with van der Waals surface area (Å²) in [6, 6.07) is 6.62. The van der Waals surface area contributed by atoms with Crippen molar-refractivity contribution in [3.8, 4) is 11.3 Å². The first-order chi connectivity index (χ1) is 8.92. The van der Waals surface area contributed by atoms with E-state index in [9.17, 15) is 0 Å². The molecule has 0 spiro atoms. The third-order valence-electron chi connectivity index (χ3n) is 3.38. The smallest absolute Gasteiger partial charge is 0.0961 e. The zero-order valence-corrected chi connectivity index (χ0v) is 9.82. The van der Waals surface area contributed by atoms with Gasteiger partial charge in [0, 0.05) is 24.0 Å². The van der Waals surface area contributed by atoms with Gasteiger partial charge in [0.25, 0.3) is 0 Å². The van der Waals surface area contributed by atoms with Crippen molar-refractivity contribution in [1.82, 2.24) is 19.5 Å². The quantitative estimate of drug-likeness (QED) is 0.687. The maximum absolute atomic E-state index is 4.53. The second-order valence-electron chi connectivity index (χ2n) is 4.68. The predicted molar refractivity (Wildman–Crippen MR) is 69.0 cm³/mol. The minimum atomic E-state index is 0.642. The van der Waals surface area contributed by atoms with Crippen molar-refractivity contribution in [2.75, 3.05) is 0 Å². The second kappa shape index (κ2) is 3.63. The molecule has 1 aliphatic carbocycles. The Hall–Kier alpha value is -2.23. The van der Waals surface area contributed by atoms with Crippen LogP contribution in [0.15, 0.2) is 43.1 Å². The van der Waals surface area contributed by atoms with Crippen molar-refractivity contribution in [3.63, 3.8) is 0 Å². The fourth-order valence-corrected chi connectivity index (χ4v) is 2.25. The van der Waals surface area contributed by atoms with Crippen molar-refractivity contribution >= 4 is 11.0 Å². The van der Waals surface area contributed by atoms with E-state index in [4.69, 9.17) is 0 Å².